The number of ether oxygens (including phenoxy) is 3. The molecule has 0 aliphatic heterocycles. The van der Waals surface area contributed by atoms with Crippen LogP contribution in [0.3, 0.4) is 0 Å². The fourth-order valence-corrected chi connectivity index (χ4v) is 3.21. The van der Waals surface area contributed by atoms with E-state index in [2.05, 4.69) is 5.32 Å². The molecule has 3 aromatic carbocycles. The van der Waals surface area contributed by atoms with E-state index in [9.17, 15) is 9.59 Å². The average Bonchev–Trinajstić information content (AvgIpc) is 2.82. The van der Waals surface area contributed by atoms with Crippen molar-refractivity contribution in [2.45, 2.75) is 13.8 Å². The lowest BCUT2D eigenvalue weighted by Crippen LogP contribution is -2.20. The van der Waals surface area contributed by atoms with Crippen LogP contribution in [-0.4, -0.2) is 19.6 Å². The van der Waals surface area contributed by atoms with E-state index in [0.717, 1.165) is 11.1 Å². The van der Waals surface area contributed by atoms with Crippen molar-refractivity contribution in [1.29, 1.82) is 0 Å². The molecule has 0 spiro atoms. The minimum atomic E-state index is -0.320. The van der Waals surface area contributed by atoms with E-state index >= 15 is 0 Å². The number of aryl methyl sites for hydroxylation is 2. The van der Waals surface area contributed by atoms with Crippen LogP contribution in [0.15, 0.2) is 76.1 Å². The minimum Gasteiger partial charge on any atom is -0.497 e. The van der Waals surface area contributed by atoms with Gasteiger partial charge in [0.05, 0.1) is 12.5 Å². The Morgan fingerprint density at radius 2 is 1.70 bits per heavy atom. The molecule has 0 bridgehead atoms. The van der Waals surface area contributed by atoms with Crippen molar-refractivity contribution in [2.24, 2.45) is 0 Å². The zero-order valence-electron chi connectivity index (χ0n) is 18.5. The Kier molecular flexibility index (Phi) is 6.31. The third-order valence-corrected chi connectivity index (χ3v) is 5.02. The van der Waals surface area contributed by atoms with Gasteiger partial charge in [-0.05, 0) is 67.4 Å². The van der Waals surface area contributed by atoms with Crippen LogP contribution in [0.4, 0.5) is 5.69 Å². The predicted molar refractivity (Wildman–Crippen MR) is 126 cm³/mol. The fraction of sp³-hybridized carbons (Fsp3) is 0.154. The van der Waals surface area contributed by atoms with Crippen LogP contribution in [-0.2, 0) is 4.79 Å². The van der Waals surface area contributed by atoms with Crippen LogP contribution in [0.2, 0.25) is 0 Å². The number of anilines is 1. The zero-order chi connectivity index (χ0) is 23.4. The van der Waals surface area contributed by atoms with Crippen LogP contribution in [0, 0.1) is 13.8 Å². The maximum atomic E-state index is 12.9. The summed E-state index contributed by atoms with van der Waals surface area (Å²) in [7, 11) is 1.58. The van der Waals surface area contributed by atoms with Crippen LogP contribution in [0.5, 0.6) is 23.0 Å². The van der Waals surface area contributed by atoms with Crippen molar-refractivity contribution in [1.82, 2.24) is 0 Å². The molecule has 7 nitrogen and oxygen atoms in total. The Morgan fingerprint density at radius 1 is 0.939 bits per heavy atom. The maximum absolute atomic E-state index is 12.9. The van der Waals surface area contributed by atoms with Gasteiger partial charge in [0.25, 0.3) is 5.91 Å². The lowest BCUT2D eigenvalue weighted by atomic mass is 10.1. The van der Waals surface area contributed by atoms with Gasteiger partial charge in [-0.2, -0.15) is 0 Å². The van der Waals surface area contributed by atoms with E-state index < -0.39 is 0 Å². The summed E-state index contributed by atoms with van der Waals surface area (Å²) < 4.78 is 22.1. The summed E-state index contributed by atoms with van der Waals surface area (Å²) in [4.78, 5) is 25.0. The molecule has 0 atom stereocenters. The highest BCUT2D eigenvalue weighted by Gasteiger charge is 2.12. The molecule has 168 valence electrons. The number of methoxy groups -OCH3 is 1. The Morgan fingerprint density at radius 3 is 2.45 bits per heavy atom. The number of hydrogen-bond donors (Lipinski definition) is 1. The van der Waals surface area contributed by atoms with Crippen molar-refractivity contribution in [3.63, 3.8) is 0 Å². The van der Waals surface area contributed by atoms with Crippen molar-refractivity contribution >= 4 is 22.6 Å². The Bertz CT molecular complexity index is 1360. The van der Waals surface area contributed by atoms with Crippen LogP contribution < -0.4 is 25.0 Å². The van der Waals surface area contributed by atoms with Gasteiger partial charge in [0.2, 0.25) is 11.2 Å². The topological polar surface area (TPSA) is 87.0 Å². The Balaban J connectivity index is 1.44. The first-order chi connectivity index (χ1) is 15.9. The van der Waals surface area contributed by atoms with Crippen molar-refractivity contribution in [3.8, 4) is 23.0 Å². The largest absolute Gasteiger partial charge is 0.497 e. The van der Waals surface area contributed by atoms with E-state index in [1.807, 2.05) is 32.0 Å². The van der Waals surface area contributed by atoms with Crippen LogP contribution >= 0.6 is 0 Å². The average molecular weight is 445 g/mol. The van der Waals surface area contributed by atoms with Gasteiger partial charge >= 0.3 is 0 Å². The van der Waals surface area contributed by atoms with Gasteiger partial charge in [-0.15, -0.1) is 0 Å². The van der Waals surface area contributed by atoms with E-state index in [4.69, 9.17) is 18.6 Å². The second-order valence-corrected chi connectivity index (χ2v) is 7.52. The zero-order valence-corrected chi connectivity index (χ0v) is 18.5. The molecule has 1 amide bonds. The van der Waals surface area contributed by atoms with Crippen LogP contribution in [0.25, 0.3) is 11.0 Å². The third kappa shape index (κ3) is 5.15. The molecule has 33 heavy (non-hydrogen) atoms. The molecule has 4 aromatic rings. The Hall–Kier alpha value is -4.26. The van der Waals surface area contributed by atoms with Crippen LogP contribution in [0.1, 0.15) is 11.1 Å². The van der Waals surface area contributed by atoms with Gasteiger partial charge in [-0.25, -0.2) is 0 Å². The summed E-state index contributed by atoms with van der Waals surface area (Å²) in [5.74, 6) is 1.48. The number of carbonyl (C=O) groups excluding carboxylic acids is 1. The molecule has 7 heteroatoms. The lowest BCUT2D eigenvalue weighted by molar-refractivity contribution is -0.118. The molecule has 1 heterocycles. The molecule has 1 aromatic heterocycles. The van der Waals surface area contributed by atoms with Gasteiger partial charge in [0, 0.05) is 11.8 Å². The van der Waals surface area contributed by atoms with E-state index in [0.29, 0.717) is 33.9 Å². The molecular weight excluding hydrogens is 422 g/mol. The number of hydrogen-bond acceptors (Lipinski definition) is 6. The number of benzene rings is 3. The molecule has 4 rings (SSSR count). The summed E-state index contributed by atoms with van der Waals surface area (Å²) >= 11 is 0. The highest BCUT2D eigenvalue weighted by Crippen LogP contribution is 2.27. The molecule has 0 radical (unpaired) electrons. The van der Waals surface area contributed by atoms with E-state index in [1.54, 1.807) is 49.6 Å². The second-order valence-electron chi connectivity index (χ2n) is 7.52. The van der Waals surface area contributed by atoms with Crippen molar-refractivity contribution in [2.75, 3.05) is 19.0 Å². The van der Waals surface area contributed by atoms with Gasteiger partial charge in [0.15, 0.2) is 6.61 Å². The lowest BCUT2D eigenvalue weighted by Gasteiger charge is -2.10. The van der Waals surface area contributed by atoms with E-state index in [1.165, 1.54) is 6.26 Å². The number of nitrogens with one attached hydrogen (secondary N) is 1. The standard InChI is InChI=1S/C26H23NO6/c1-16-4-5-17(2)22(12-16)33-24-14-32-23-13-20(10-11-21(23)26(24)29)31-15-25(28)27-18-6-8-19(30-3)9-7-18/h4-14H,15H2,1-3H3,(H,27,28). The summed E-state index contributed by atoms with van der Waals surface area (Å²) in [6.07, 6.45) is 1.28. The third-order valence-electron chi connectivity index (χ3n) is 5.02. The first kappa shape index (κ1) is 22.0. The number of fused-ring (bicyclic) bond motifs is 1. The molecule has 0 unspecified atom stereocenters. The molecule has 1 N–H and O–H groups in total. The monoisotopic (exact) mass is 445 g/mol. The van der Waals surface area contributed by atoms with Crippen molar-refractivity contribution < 1.29 is 23.4 Å². The maximum Gasteiger partial charge on any atom is 0.262 e. The Labute approximate surface area is 190 Å². The molecular formula is C26H23NO6. The molecule has 0 aliphatic carbocycles. The number of amides is 1. The predicted octanol–water partition coefficient (Wildman–Crippen LogP) is 5.23. The number of rotatable bonds is 7. The smallest absolute Gasteiger partial charge is 0.262 e. The summed E-state index contributed by atoms with van der Waals surface area (Å²) in [6.45, 7) is 3.66. The summed E-state index contributed by atoms with van der Waals surface area (Å²) in [5.41, 5.74) is 2.61. The van der Waals surface area contributed by atoms with Crippen molar-refractivity contribution in [3.05, 3.63) is 88.3 Å². The van der Waals surface area contributed by atoms with E-state index in [-0.39, 0.29) is 23.7 Å². The normalized spacial score (nSPS) is 10.6. The summed E-state index contributed by atoms with van der Waals surface area (Å²) in [5, 5.41) is 3.09. The highest BCUT2D eigenvalue weighted by molar-refractivity contribution is 5.92. The first-order valence-electron chi connectivity index (χ1n) is 10.3. The van der Waals surface area contributed by atoms with Gasteiger partial charge < -0.3 is 23.9 Å². The quantitative estimate of drug-likeness (QED) is 0.419. The fourth-order valence-electron chi connectivity index (χ4n) is 3.21. The van der Waals surface area contributed by atoms with Gasteiger partial charge in [0.1, 0.15) is 29.1 Å². The SMILES string of the molecule is COc1ccc(NC(=O)COc2ccc3c(=O)c(Oc4cc(C)ccc4C)coc3c2)cc1. The molecule has 0 aliphatic rings. The number of carbonyl (C=O) groups is 1. The van der Waals surface area contributed by atoms with Gasteiger partial charge in [-0.1, -0.05) is 12.1 Å². The summed E-state index contributed by atoms with van der Waals surface area (Å²) in [6, 6.07) is 17.5. The minimum absolute atomic E-state index is 0.101. The second kappa shape index (κ2) is 9.48. The molecule has 0 saturated carbocycles. The molecule has 0 saturated heterocycles. The van der Waals surface area contributed by atoms with Gasteiger partial charge in [-0.3, -0.25) is 9.59 Å². The first-order valence-corrected chi connectivity index (χ1v) is 10.3. The molecule has 0 fully saturated rings. The highest BCUT2D eigenvalue weighted by atomic mass is 16.5.